The summed E-state index contributed by atoms with van der Waals surface area (Å²) in [6.45, 7) is 7.02. The van der Waals surface area contributed by atoms with Gasteiger partial charge in [0, 0.05) is 38.2 Å². The minimum atomic E-state index is 0.0153. The molecule has 0 aromatic heterocycles. The van der Waals surface area contributed by atoms with E-state index in [9.17, 15) is 4.79 Å². The SMILES string of the molecule is C=CCOCCCC(=O)N1CCNCC1c1ccccc1OC. The molecule has 0 saturated carbocycles. The quantitative estimate of drug-likeness (QED) is 0.589. The largest absolute Gasteiger partial charge is 0.496 e. The average molecular weight is 318 g/mol. The van der Waals surface area contributed by atoms with E-state index in [1.165, 1.54) is 0 Å². The van der Waals surface area contributed by atoms with E-state index in [1.807, 2.05) is 29.2 Å². The number of amides is 1. The van der Waals surface area contributed by atoms with Gasteiger partial charge in [0.2, 0.25) is 5.91 Å². The number of hydrogen-bond donors (Lipinski definition) is 1. The Morgan fingerprint density at radius 2 is 2.30 bits per heavy atom. The second-order valence-corrected chi connectivity index (χ2v) is 5.52. The molecule has 1 aliphatic rings. The van der Waals surface area contributed by atoms with Gasteiger partial charge in [-0.15, -0.1) is 6.58 Å². The maximum absolute atomic E-state index is 12.6. The van der Waals surface area contributed by atoms with Gasteiger partial charge in [-0.2, -0.15) is 0 Å². The van der Waals surface area contributed by atoms with Crippen LogP contribution in [-0.2, 0) is 9.53 Å². The van der Waals surface area contributed by atoms with Gasteiger partial charge in [0.1, 0.15) is 5.75 Å². The number of methoxy groups -OCH3 is 1. The molecule has 5 heteroatoms. The first-order chi connectivity index (χ1) is 11.3. The topological polar surface area (TPSA) is 50.8 Å². The number of benzene rings is 1. The molecule has 1 heterocycles. The van der Waals surface area contributed by atoms with Crippen LogP contribution in [0.25, 0.3) is 0 Å². The van der Waals surface area contributed by atoms with Crippen LogP contribution in [0.2, 0.25) is 0 Å². The lowest BCUT2D eigenvalue weighted by Gasteiger charge is -2.37. The summed E-state index contributed by atoms with van der Waals surface area (Å²) in [4.78, 5) is 14.6. The summed E-state index contributed by atoms with van der Waals surface area (Å²) in [6.07, 6.45) is 2.95. The van der Waals surface area contributed by atoms with Gasteiger partial charge in [-0.1, -0.05) is 24.3 Å². The Kier molecular flexibility index (Phi) is 7.10. The first-order valence-corrected chi connectivity index (χ1v) is 8.09. The van der Waals surface area contributed by atoms with Crippen molar-refractivity contribution in [1.82, 2.24) is 10.2 Å². The highest BCUT2D eigenvalue weighted by atomic mass is 16.5. The smallest absolute Gasteiger partial charge is 0.223 e. The predicted molar refractivity (Wildman–Crippen MR) is 90.6 cm³/mol. The fourth-order valence-electron chi connectivity index (χ4n) is 2.86. The fourth-order valence-corrected chi connectivity index (χ4v) is 2.86. The summed E-state index contributed by atoms with van der Waals surface area (Å²) in [5.41, 5.74) is 1.05. The zero-order valence-corrected chi connectivity index (χ0v) is 13.8. The lowest BCUT2D eigenvalue weighted by atomic mass is 10.0. The molecule has 2 rings (SSSR count). The van der Waals surface area contributed by atoms with Gasteiger partial charge >= 0.3 is 0 Å². The van der Waals surface area contributed by atoms with Crippen molar-refractivity contribution in [3.05, 3.63) is 42.5 Å². The van der Waals surface area contributed by atoms with Crippen LogP contribution in [0, 0.1) is 0 Å². The van der Waals surface area contributed by atoms with Gasteiger partial charge in [0.25, 0.3) is 0 Å². The summed E-state index contributed by atoms with van der Waals surface area (Å²) in [7, 11) is 1.66. The first kappa shape index (κ1) is 17.5. The van der Waals surface area contributed by atoms with Crippen molar-refractivity contribution in [3.8, 4) is 5.75 Å². The third-order valence-electron chi connectivity index (χ3n) is 3.98. The highest BCUT2D eigenvalue weighted by molar-refractivity contribution is 5.77. The molecule has 1 saturated heterocycles. The minimum absolute atomic E-state index is 0.0153. The maximum atomic E-state index is 12.6. The van der Waals surface area contributed by atoms with Crippen LogP contribution in [0.3, 0.4) is 0 Å². The number of piperazine rings is 1. The van der Waals surface area contributed by atoms with Crippen LogP contribution in [0.5, 0.6) is 5.75 Å². The van der Waals surface area contributed by atoms with E-state index in [0.29, 0.717) is 19.6 Å². The van der Waals surface area contributed by atoms with E-state index in [-0.39, 0.29) is 11.9 Å². The molecular weight excluding hydrogens is 292 g/mol. The zero-order chi connectivity index (χ0) is 16.5. The van der Waals surface area contributed by atoms with Gasteiger partial charge in [0.05, 0.1) is 19.8 Å². The van der Waals surface area contributed by atoms with E-state index in [4.69, 9.17) is 9.47 Å². The number of hydrogen-bond acceptors (Lipinski definition) is 4. The van der Waals surface area contributed by atoms with Crippen molar-refractivity contribution in [2.24, 2.45) is 0 Å². The number of para-hydroxylation sites is 1. The number of rotatable bonds is 8. The standard InChI is InChI=1S/C18H26N2O3/c1-3-12-23-13-6-9-18(21)20-11-10-19-14-16(20)15-7-4-5-8-17(15)22-2/h3-5,7-8,16,19H,1,6,9-14H2,2H3. The fraction of sp³-hybridized carbons (Fsp3) is 0.500. The van der Waals surface area contributed by atoms with E-state index in [1.54, 1.807) is 13.2 Å². The van der Waals surface area contributed by atoms with E-state index < -0.39 is 0 Å². The Hall–Kier alpha value is -1.85. The molecule has 0 bridgehead atoms. The second-order valence-electron chi connectivity index (χ2n) is 5.52. The van der Waals surface area contributed by atoms with E-state index in [2.05, 4.69) is 11.9 Å². The molecule has 0 aliphatic carbocycles. The molecule has 0 spiro atoms. The van der Waals surface area contributed by atoms with Gasteiger partial charge in [-0.3, -0.25) is 4.79 Å². The van der Waals surface area contributed by atoms with Gasteiger partial charge < -0.3 is 19.7 Å². The van der Waals surface area contributed by atoms with Crippen LogP contribution >= 0.6 is 0 Å². The average Bonchev–Trinajstić information content (AvgIpc) is 2.61. The summed E-state index contributed by atoms with van der Waals surface area (Å²) in [6, 6.07) is 7.92. The highest BCUT2D eigenvalue weighted by Crippen LogP contribution is 2.30. The summed E-state index contributed by atoms with van der Waals surface area (Å²) in [5.74, 6) is 0.998. The maximum Gasteiger partial charge on any atom is 0.223 e. The van der Waals surface area contributed by atoms with Crippen LogP contribution in [0.15, 0.2) is 36.9 Å². The summed E-state index contributed by atoms with van der Waals surface area (Å²) < 4.78 is 10.8. The van der Waals surface area contributed by atoms with Crippen molar-refractivity contribution in [2.75, 3.05) is 40.0 Å². The van der Waals surface area contributed by atoms with E-state index >= 15 is 0 Å². The summed E-state index contributed by atoms with van der Waals surface area (Å²) in [5, 5.41) is 3.37. The predicted octanol–water partition coefficient (Wildman–Crippen LogP) is 2.15. The third kappa shape index (κ3) is 4.81. The van der Waals surface area contributed by atoms with Crippen LogP contribution in [-0.4, -0.2) is 50.8 Å². The second kappa shape index (κ2) is 9.33. The molecule has 1 amide bonds. The lowest BCUT2D eigenvalue weighted by Crippen LogP contribution is -2.48. The van der Waals surface area contributed by atoms with Crippen molar-refractivity contribution in [1.29, 1.82) is 0 Å². The monoisotopic (exact) mass is 318 g/mol. The molecule has 1 aliphatic heterocycles. The molecule has 1 N–H and O–H groups in total. The Bertz CT molecular complexity index is 519. The number of ether oxygens (including phenoxy) is 2. The lowest BCUT2D eigenvalue weighted by molar-refractivity contribution is -0.134. The molecule has 126 valence electrons. The van der Waals surface area contributed by atoms with Crippen molar-refractivity contribution in [2.45, 2.75) is 18.9 Å². The summed E-state index contributed by atoms with van der Waals surface area (Å²) >= 11 is 0. The van der Waals surface area contributed by atoms with Crippen LogP contribution in [0.1, 0.15) is 24.4 Å². The molecular formula is C18H26N2O3. The number of nitrogens with zero attached hydrogens (tertiary/aromatic N) is 1. The number of nitrogens with one attached hydrogen (secondary N) is 1. The molecule has 0 radical (unpaired) electrons. The third-order valence-corrected chi connectivity index (χ3v) is 3.98. The normalized spacial score (nSPS) is 17.8. The molecule has 1 atom stereocenters. The van der Waals surface area contributed by atoms with Crippen molar-refractivity contribution in [3.63, 3.8) is 0 Å². The van der Waals surface area contributed by atoms with Gasteiger partial charge in [-0.05, 0) is 12.5 Å². The van der Waals surface area contributed by atoms with Gasteiger partial charge in [-0.25, -0.2) is 0 Å². The molecule has 1 unspecified atom stereocenters. The highest BCUT2D eigenvalue weighted by Gasteiger charge is 2.29. The molecule has 1 aromatic carbocycles. The Morgan fingerprint density at radius 1 is 1.48 bits per heavy atom. The van der Waals surface area contributed by atoms with Crippen LogP contribution < -0.4 is 10.1 Å². The Morgan fingerprint density at radius 3 is 3.09 bits per heavy atom. The number of carbonyl (C=O) groups is 1. The van der Waals surface area contributed by atoms with E-state index in [0.717, 1.165) is 37.4 Å². The molecule has 23 heavy (non-hydrogen) atoms. The molecule has 1 aromatic rings. The van der Waals surface area contributed by atoms with Crippen molar-refractivity contribution >= 4 is 5.91 Å². The molecule has 1 fully saturated rings. The number of carbonyl (C=O) groups excluding carboxylic acids is 1. The Labute approximate surface area is 138 Å². The first-order valence-electron chi connectivity index (χ1n) is 8.09. The van der Waals surface area contributed by atoms with Crippen molar-refractivity contribution < 1.29 is 14.3 Å². The molecule has 5 nitrogen and oxygen atoms in total. The minimum Gasteiger partial charge on any atom is -0.496 e. The van der Waals surface area contributed by atoms with Gasteiger partial charge in [0.15, 0.2) is 0 Å². The Balaban J connectivity index is 2.00. The van der Waals surface area contributed by atoms with Crippen LogP contribution in [0.4, 0.5) is 0 Å². The zero-order valence-electron chi connectivity index (χ0n) is 13.8.